The first-order valence-corrected chi connectivity index (χ1v) is 2.43. The van der Waals surface area contributed by atoms with Crippen molar-refractivity contribution >= 4 is 11.5 Å². The summed E-state index contributed by atoms with van der Waals surface area (Å²) in [7, 11) is 0. The molecule has 2 nitrogen and oxygen atoms in total. The molecular formula is C4HN2S. The molecule has 0 saturated carbocycles. The minimum absolute atomic E-state index is 0.611. The van der Waals surface area contributed by atoms with Gasteiger partial charge in [-0.25, -0.2) is 0 Å². The molecule has 0 aromatic carbocycles. The molecule has 3 heteroatoms. The Morgan fingerprint density at radius 3 is 3.14 bits per heavy atom. The smallest absolute Gasteiger partial charge is 0.126 e. The molecule has 1 aromatic rings. The summed E-state index contributed by atoms with van der Waals surface area (Å²) >= 11 is 1.16. The number of hydrogen-bond donors (Lipinski definition) is 0. The third kappa shape index (κ3) is 0.756. The van der Waals surface area contributed by atoms with Crippen molar-refractivity contribution < 1.29 is 0 Å². The van der Waals surface area contributed by atoms with Gasteiger partial charge in [0.15, 0.2) is 0 Å². The van der Waals surface area contributed by atoms with E-state index in [0.29, 0.717) is 4.88 Å². The molecule has 1 rings (SSSR count). The van der Waals surface area contributed by atoms with Crippen LogP contribution in [0.4, 0.5) is 0 Å². The van der Waals surface area contributed by atoms with Crippen LogP contribution in [-0.2, 0) is 0 Å². The van der Waals surface area contributed by atoms with Gasteiger partial charge in [0, 0.05) is 0 Å². The Hall–Kier alpha value is -0.880. The Bertz CT molecular complexity index is 172. The maximum absolute atomic E-state index is 8.13. The van der Waals surface area contributed by atoms with Crippen LogP contribution in [-0.4, -0.2) is 4.37 Å². The van der Waals surface area contributed by atoms with Crippen molar-refractivity contribution in [3.05, 3.63) is 17.1 Å². The molecule has 1 heterocycles. The molecule has 0 bridgehead atoms. The number of hydrogen-bond acceptors (Lipinski definition) is 3. The molecule has 0 aliphatic carbocycles. The van der Waals surface area contributed by atoms with Crippen LogP contribution >= 0.6 is 11.5 Å². The fraction of sp³-hybridized carbons (Fsp3) is 0. The molecule has 0 saturated heterocycles. The summed E-state index contributed by atoms with van der Waals surface area (Å²) in [5.41, 5.74) is 0. The molecule has 0 amide bonds. The fourth-order valence-corrected chi connectivity index (χ4v) is 0.590. The lowest BCUT2D eigenvalue weighted by atomic mass is 10.5. The fourth-order valence-electron chi connectivity index (χ4n) is 0.240. The van der Waals surface area contributed by atoms with Gasteiger partial charge in [-0.05, 0) is 17.6 Å². The molecule has 7 heavy (non-hydrogen) atoms. The third-order valence-corrected chi connectivity index (χ3v) is 1.11. The predicted molar refractivity (Wildman–Crippen MR) is 25.7 cm³/mol. The van der Waals surface area contributed by atoms with Crippen LogP contribution in [0.25, 0.3) is 0 Å². The van der Waals surface area contributed by atoms with Crippen LogP contribution in [0.5, 0.6) is 0 Å². The van der Waals surface area contributed by atoms with E-state index in [0.717, 1.165) is 11.5 Å². The standard InChI is InChI=1S/C4HN2S/c5-3-4-1-2-6-7-4/h1H. The number of rotatable bonds is 0. The lowest BCUT2D eigenvalue weighted by molar-refractivity contribution is 1.52. The number of nitrogens with zero attached hydrogens (tertiary/aromatic N) is 2. The first-order chi connectivity index (χ1) is 3.43. The first kappa shape index (κ1) is 4.28. The highest BCUT2D eigenvalue weighted by Crippen LogP contribution is 1.98. The first-order valence-electron chi connectivity index (χ1n) is 1.66. The lowest BCUT2D eigenvalue weighted by Crippen LogP contribution is -1.50. The van der Waals surface area contributed by atoms with Gasteiger partial charge >= 0.3 is 0 Å². The van der Waals surface area contributed by atoms with Crippen molar-refractivity contribution in [2.75, 3.05) is 0 Å². The van der Waals surface area contributed by atoms with Gasteiger partial charge in [0.25, 0.3) is 0 Å². The van der Waals surface area contributed by atoms with Crippen molar-refractivity contribution in [3.63, 3.8) is 0 Å². The second-order valence-electron chi connectivity index (χ2n) is 0.932. The van der Waals surface area contributed by atoms with Crippen LogP contribution in [0.2, 0.25) is 0 Å². The highest BCUT2D eigenvalue weighted by molar-refractivity contribution is 7.06. The highest BCUT2D eigenvalue weighted by Gasteiger charge is 1.85. The normalized spacial score (nSPS) is 7.86. The Morgan fingerprint density at radius 2 is 2.86 bits per heavy atom. The summed E-state index contributed by atoms with van der Waals surface area (Å²) in [5, 5.41) is 8.13. The van der Waals surface area contributed by atoms with Gasteiger partial charge in [-0.1, -0.05) is 0 Å². The Kier molecular flexibility index (Phi) is 1.05. The predicted octanol–water partition coefficient (Wildman–Crippen LogP) is 0.815. The summed E-state index contributed by atoms with van der Waals surface area (Å²) in [6.45, 7) is 0. The molecule has 0 atom stereocenters. The Morgan fingerprint density at radius 1 is 2.00 bits per heavy atom. The van der Waals surface area contributed by atoms with Gasteiger partial charge in [0.05, 0.1) is 0 Å². The molecule has 1 aromatic heterocycles. The maximum Gasteiger partial charge on any atom is 0.126 e. The second kappa shape index (κ2) is 1.71. The van der Waals surface area contributed by atoms with Crippen molar-refractivity contribution in [1.82, 2.24) is 4.37 Å². The van der Waals surface area contributed by atoms with E-state index in [9.17, 15) is 0 Å². The maximum atomic E-state index is 8.13. The van der Waals surface area contributed by atoms with Crippen molar-refractivity contribution in [2.45, 2.75) is 0 Å². The molecule has 0 N–H and O–H groups in total. The summed E-state index contributed by atoms with van der Waals surface area (Å²) in [5.74, 6) is 0. The van der Waals surface area contributed by atoms with Gasteiger partial charge in [-0.15, -0.1) is 0 Å². The molecular weight excluding hydrogens is 108 g/mol. The van der Waals surface area contributed by atoms with Crippen molar-refractivity contribution in [3.8, 4) is 6.07 Å². The van der Waals surface area contributed by atoms with Gasteiger partial charge in [0.1, 0.15) is 17.1 Å². The lowest BCUT2D eigenvalue weighted by Gasteiger charge is -1.59. The third-order valence-electron chi connectivity index (χ3n) is 0.503. The quantitative estimate of drug-likeness (QED) is 0.494. The topological polar surface area (TPSA) is 36.7 Å². The van der Waals surface area contributed by atoms with E-state index < -0.39 is 0 Å². The minimum Gasteiger partial charge on any atom is -0.191 e. The zero-order chi connectivity index (χ0) is 5.11. The molecule has 0 unspecified atom stereocenters. The van der Waals surface area contributed by atoms with E-state index >= 15 is 0 Å². The van der Waals surface area contributed by atoms with Gasteiger partial charge in [-0.2, -0.15) is 9.64 Å². The number of nitriles is 1. The van der Waals surface area contributed by atoms with Gasteiger partial charge in [-0.3, -0.25) is 0 Å². The van der Waals surface area contributed by atoms with Gasteiger partial charge < -0.3 is 0 Å². The highest BCUT2D eigenvalue weighted by atomic mass is 32.1. The van der Waals surface area contributed by atoms with Crippen molar-refractivity contribution in [1.29, 1.82) is 5.26 Å². The van der Waals surface area contributed by atoms with E-state index in [4.69, 9.17) is 5.26 Å². The molecule has 1 radical (unpaired) electrons. The van der Waals surface area contributed by atoms with Crippen LogP contribution < -0.4 is 0 Å². The van der Waals surface area contributed by atoms with E-state index in [-0.39, 0.29) is 0 Å². The molecule has 0 fully saturated rings. The average Bonchev–Trinajstić information content (AvgIpc) is 2.14. The van der Waals surface area contributed by atoms with Crippen LogP contribution in [0.3, 0.4) is 0 Å². The molecule has 0 spiro atoms. The largest absolute Gasteiger partial charge is 0.191 e. The average molecular weight is 109 g/mol. The molecule has 33 valence electrons. The van der Waals surface area contributed by atoms with E-state index in [2.05, 4.69) is 10.6 Å². The van der Waals surface area contributed by atoms with E-state index in [1.165, 1.54) is 0 Å². The summed E-state index contributed by atoms with van der Waals surface area (Å²) < 4.78 is 3.59. The minimum atomic E-state index is 0.611. The van der Waals surface area contributed by atoms with E-state index in [1.54, 1.807) is 6.07 Å². The Balaban J connectivity index is 3.04. The monoisotopic (exact) mass is 109 g/mol. The molecule has 0 aliphatic rings. The van der Waals surface area contributed by atoms with E-state index in [1.807, 2.05) is 6.07 Å². The van der Waals surface area contributed by atoms with Crippen LogP contribution in [0, 0.1) is 17.5 Å². The number of aromatic nitrogens is 1. The van der Waals surface area contributed by atoms with Crippen molar-refractivity contribution in [2.24, 2.45) is 0 Å². The van der Waals surface area contributed by atoms with Gasteiger partial charge in [0.2, 0.25) is 0 Å². The SMILES string of the molecule is N#Cc1c[c]ns1. The summed E-state index contributed by atoms with van der Waals surface area (Å²) in [6, 6.07) is 3.49. The summed E-state index contributed by atoms with van der Waals surface area (Å²) in [6.07, 6.45) is 2.53. The second-order valence-corrected chi connectivity index (χ2v) is 1.74. The Labute approximate surface area is 45.2 Å². The van der Waals surface area contributed by atoms with Crippen LogP contribution in [0.1, 0.15) is 4.88 Å². The van der Waals surface area contributed by atoms with Crippen LogP contribution in [0.15, 0.2) is 6.07 Å². The zero-order valence-corrected chi connectivity index (χ0v) is 4.20. The summed E-state index contributed by atoms with van der Waals surface area (Å²) in [4.78, 5) is 0.611. The molecule has 0 aliphatic heterocycles. The zero-order valence-electron chi connectivity index (χ0n) is 3.38.